The monoisotopic (exact) mass is 398 g/mol. The van der Waals surface area contributed by atoms with Crippen molar-refractivity contribution in [3.8, 4) is 0 Å². The van der Waals surface area contributed by atoms with Gasteiger partial charge in [0.05, 0.1) is 16.9 Å². The second-order valence-corrected chi connectivity index (χ2v) is 7.51. The van der Waals surface area contributed by atoms with Gasteiger partial charge in [0, 0.05) is 44.8 Å². The van der Waals surface area contributed by atoms with Crippen molar-refractivity contribution in [3.05, 3.63) is 54.1 Å². The molecule has 3 aromatic rings. The van der Waals surface area contributed by atoms with Gasteiger partial charge in [-0.15, -0.1) is 12.4 Å². The lowest BCUT2D eigenvalue weighted by atomic mass is 10.0. The average molecular weight is 399 g/mol. The van der Waals surface area contributed by atoms with E-state index in [0.717, 1.165) is 60.9 Å². The Morgan fingerprint density at radius 2 is 1.93 bits per heavy atom. The molecule has 5 rings (SSSR count). The zero-order chi connectivity index (χ0) is 18.4. The quantitative estimate of drug-likeness (QED) is 0.708. The number of fused-ring (bicyclic) bond motifs is 2. The first-order chi connectivity index (χ1) is 13.2. The second-order valence-electron chi connectivity index (χ2n) is 7.51. The number of anilines is 2. The maximum absolute atomic E-state index is 12.5. The lowest BCUT2D eigenvalue weighted by Crippen LogP contribution is -2.26. The van der Waals surface area contributed by atoms with Crippen LogP contribution in [0.4, 0.5) is 11.5 Å². The largest absolute Gasteiger partial charge is 0.356 e. The Hall–Kier alpha value is -2.64. The summed E-state index contributed by atoms with van der Waals surface area (Å²) in [5, 5.41) is 6.38. The molecule has 146 valence electrons. The fourth-order valence-corrected chi connectivity index (χ4v) is 4.15. The van der Waals surface area contributed by atoms with E-state index in [1.165, 1.54) is 0 Å². The van der Waals surface area contributed by atoms with Crippen molar-refractivity contribution in [3.63, 3.8) is 0 Å². The lowest BCUT2D eigenvalue weighted by Gasteiger charge is -2.18. The van der Waals surface area contributed by atoms with Crippen LogP contribution in [0.1, 0.15) is 16.1 Å². The van der Waals surface area contributed by atoms with Crippen LogP contribution in [-0.2, 0) is 0 Å². The highest BCUT2D eigenvalue weighted by molar-refractivity contribution is 6.04. The van der Waals surface area contributed by atoms with Crippen LogP contribution in [0.15, 0.2) is 42.9 Å². The summed E-state index contributed by atoms with van der Waals surface area (Å²) in [5.74, 6) is 2.23. The molecule has 0 spiro atoms. The molecule has 2 fully saturated rings. The van der Waals surface area contributed by atoms with Crippen molar-refractivity contribution >= 4 is 35.5 Å². The summed E-state index contributed by atoms with van der Waals surface area (Å²) in [7, 11) is 0. The minimum Gasteiger partial charge on any atom is -0.356 e. The van der Waals surface area contributed by atoms with Crippen molar-refractivity contribution in [1.82, 2.24) is 19.7 Å². The molecule has 2 saturated heterocycles. The zero-order valence-corrected chi connectivity index (χ0v) is 16.4. The van der Waals surface area contributed by atoms with Crippen LogP contribution < -0.4 is 15.5 Å². The Kier molecular flexibility index (Phi) is 4.95. The normalized spacial score (nSPS) is 20.8. The standard InChI is InChI=1S/C20H22N6O.ClH/c1-13-9-25-12-17(3-5-19(25)23-13)24-20(27)14-2-4-18(22-8-14)26-10-15-6-21-7-16(15)11-26;/h2-5,8-9,12,15-16,21H,6-7,10-11H2,1H3,(H,24,27);1H. The summed E-state index contributed by atoms with van der Waals surface area (Å²) in [6.45, 7) is 6.23. The summed E-state index contributed by atoms with van der Waals surface area (Å²) < 4.78 is 1.91. The number of nitrogens with zero attached hydrogens (tertiary/aromatic N) is 4. The van der Waals surface area contributed by atoms with E-state index >= 15 is 0 Å². The minimum atomic E-state index is -0.160. The third-order valence-corrected chi connectivity index (χ3v) is 5.55. The van der Waals surface area contributed by atoms with Crippen molar-refractivity contribution in [2.75, 3.05) is 36.4 Å². The molecule has 28 heavy (non-hydrogen) atoms. The fraction of sp³-hybridized carbons (Fsp3) is 0.350. The molecule has 2 atom stereocenters. The third-order valence-electron chi connectivity index (χ3n) is 5.55. The summed E-state index contributed by atoms with van der Waals surface area (Å²) in [6, 6.07) is 7.55. The van der Waals surface area contributed by atoms with E-state index in [4.69, 9.17) is 0 Å². The van der Waals surface area contributed by atoms with Gasteiger partial charge in [0.2, 0.25) is 0 Å². The molecular weight excluding hydrogens is 376 g/mol. The van der Waals surface area contributed by atoms with Crippen LogP contribution in [0, 0.1) is 18.8 Å². The second kappa shape index (κ2) is 7.41. The van der Waals surface area contributed by atoms with Gasteiger partial charge >= 0.3 is 0 Å². The minimum absolute atomic E-state index is 0. The average Bonchev–Trinajstić information content (AvgIpc) is 3.35. The van der Waals surface area contributed by atoms with Gasteiger partial charge in [0.15, 0.2) is 0 Å². The van der Waals surface area contributed by atoms with Gasteiger partial charge in [-0.2, -0.15) is 0 Å². The lowest BCUT2D eigenvalue weighted by molar-refractivity contribution is 0.102. The zero-order valence-electron chi connectivity index (χ0n) is 15.6. The number of aryl methyl sites for hydroxylation is 1. The van der Waals surface area contributed by atoms with E-state index in [1.807, 2.05) is 48.0 Å². The number of carbonyl (C=O) groups is 1. The van der Waals surface area contributed by atoms with E-state index in [-0.39, 0.29) is 18.3 Å². The highest BCUT2D eigenvalue weighted by Gasteiger charge is 2.36. The van der Waals surface area contributed by atoms with E-state index in [2.05, 4.69) is 25.5 Å². The Morgan fingerprint density at radius 1 is 1.14 bits per heavy atom. The molecule has 0 aliphatic carbocycles. The number of pyridine rings is 2. The third kappa shape index (κ3) is 3.43. The van der Waals surface area contributed by atoms with Crippen molar-refractivity contribution in [2.45, 2.75) is 6.92 Å². The Morgan fingerprint density at radius 3 is 2.64 bits per heavy atom. The van der Waals surface area contributed by atoms with Crippen LogP contribution in [-0.4, -0.2) is 46.5 Å². The number of aromatic nitrogens is 3. The van der Waals surface area contributed by atoms with Gasteiger partial charge in [0.25, 0.3) is 5.91 Å². The number of hydrogen-bond donors (Lipinski definition) is 2. The summed E-state index contributed by atoms with van der Waals surface area (Å²) in [5.41, 5.74) is 3.10. The summed E-state index contributed by atoms with van der Waals surface area (Å²) >= 11 is 0. The van der Waals surface area contributed by atoms with E-state index in [0.29, 0.717) is 5.56 Å². The molecule has 8 heteroatoms. The maximum atomic E-state index is 12.5. The molecule has 1 amide bonds. The highest BCUT2D eigenvalue weighted by atomic mass is 35.5. The molecule has 0 bridgehead atoms. The molecule has 0 radical (unpaired) electrons. The number of hydrogen-bond acceptors (Lipinski definition) is 5. The topological polar surface area (TPSA) is 74.6 Å². The molecule has 5 heterocycles. The molecule has 2 unspecified atom stereocenters. The molecule has 7 nitrogen and oxygen atoms in total. The number of carbonyl (C=O) groups excluding carboxylic acids is 1. The predicted octanol–water partition coefficient (Wildman–Crippen LogP) is 2.37. The molecule has 0 saturated carbocycles. The Bertz CT molecular complexity index is 990. The number of rotatable bonds is 3. The van der Waals surface area contributed by atoms with Gasteiger partial charge in [0.1, 0.15) is 11.5 Å². The van der Waals surface area contributed by atoms with Crippen molar-refractivity contribution < 1.29 is 4.79 Å². The van der Waals surface area contributed by atoms with Gasteiger partial charge in [-0.3, -0.25) is 4.79 Å². The van der Waals surface area contributed by atoms with Crippen molar-refractivity contribution in [2.24, 2.45) is 11.8 Å². The summed E-state index contributed by atoms with van der Waals surface area (Å²) in [6.07, 6.45) is 5.46. The maximum Gasteiger partial charge on any atom is 0.257 e. The van der Waals surface area contributed by atoms with Gasteiger partial charge in [-0.1, -0.05) is 0 Å². The molecule has 2 aliphatic heterocycles. The van der Waals surface area contributed by atoms with E-state index in [1.54, 1.807) is 6.20 Å². The Balaban J connectivity index is 0.00000192. The van der Waals surface area contributed by atoms with Gasteiger partial charge in [-0.25, -0.2) is 9.97 Å². The smallest absolute Gasteiger partial charge is 0.257 e. The van der Waals surface area contributed by atoms with Crippen LogP contribution in [0.25, 0.3) is 5.65 Å². The van der Waals surface area contributed by atoms with Gasteiger partial charge < -0.3 is 19.9 Å². The molecule has 3 aromatic heterocycles. The Labute approximate surface area is 169 Å². The van der Waals surface area contributed by atoms with E-state index in [9.17, 15) is 4.79 Å². The first-order valence-electron chi connectivity index (χ1n) is 9.34. The van der Waals surface area contributed by atoms with Crippen molar-refractivity contribution in [1.29, 1.82) is 0 Å². The van der Waals surface area contributed by atoms with Gasteiger partial charge in [-0.05, 0) is 43.0 Å². The SMILES string of the molecule is Cc1cn2cc(NC(=O)c3ccc(N4CC5CNCC5C4)nc3)ccc2n1.Cl. The number of nitrogens with one attached hydrogen (secondary N) is 2. The van der Waals surface area contributed by atoms with Crippen LogP contribution >= 0.6 is 12.4 Å². The predicted molar refractivity (Wildman–Crippen MR) is 111 cm³/mol. The molecular formula is C20H23ClN6O. The van der Waals surface area contributed by atoms with Crippen LogP contribution in [0.3, 0.4) is 0 Å². The molecule has 0 aromatic carbocycles. The van der Waals surface area contributed by atoms with Crippen LogP contribution in [0.2, 0.25) is 0 Å². The van der Waals surface area contributed by atoms with Crippen LogP contribution in [0.5, 0.6) is 0 Å². The number of halogens is 1. The number of amides is 1. The number of imidazole rings is 1. The fourth-order valence-electron chi connectivity index (χ4n) is 4.15. The first-order valence-corrected chi connectivity index (χ1v) is 9.34. The summed E-state index contributed by atoms with van der Waals surface area (Å²) in [4.78, 5) is 23.8. The molecule has 2 N–H and O–H groups in total. The van der Waals surface area contributed by atoms with E-state index < -0.39 is 0 Å². The first kappa shape index (κ1) is 18.7. The molecule has 2 aliphatic rings. The highest BCUT2D eigenvalue weighted by Crippen LogP contribution is 2.29.